The Morgan fingerprint density at radius 3 is 2.55 bits per heavy atom. The predicted octanol–water partition coefficient (Wildman–Crippen LogP) is 4.23. The summed E-state index contributed by atoms with van der Waals surface area (Å²) < 4.78 is 0. The molecule has 0 heterocycles. The minimum absolute atomic E-state index is 0.100. The number of benzene rings is 2. The van der Waals surface area contributed by atoms with Gasteiger partial charge in [0.1, 0.15) is 5.69 Å². The smallest absolute Gasteiger partial charge is 0.294 e. The number of nitrogen functional groups attached to an aromatic ring is 1. The van der Waals surface area contributed by atoms with Gasteiger partial charge in [0, 0.05) is 12.3 Å². The van der Waals surface area contributed by atoms with Crippen LogP contribution in [-0.2, 0) is 0 Å². The third kappa shape index (κ3) is 3.26. The first-order chi connectivity index (χ1) is 9.47. The predicted molar refractivity (Wildman–Crippen MR) is 81.2 cm³/mol. The quantitative estimate of drug-likeness (QED) is 0.398. The molecule has 0 radical (unpaired) electrons. The molecule has 0 unspecified atom stereocenters. The Morgan fingerprint density at radius 2 is 1.90 bits per heavy atom. The fraction of sp³-hybridized carbons (Fsp3) is 0. The van der Waals surface area contributed by atoms with Crippen molar-refractivity contribution in [1.82, 2.24) is 0 Å². The minimum Gasteiger partial charge on any atom is -0.393 e. The van der Waals surface area contributed by atoms with Crippen LogP contribution in [0.2, 0.25) is 10.0 Å². The van der Waals surface area contributed by atoms with Gasteiger partial charge < -0.3 is 5.73 Å². The molecular formula is C13H9Cl2N3O2. The van der Waals surface area contributed by atoms with E-state index in [-0.39, 0.29) is 11.4 Å². The van der Waals surface area contributed by atoms with Gasteiger partial charge in [-0.25, -0.2) is 0 Å². The third-order valence-electron chi connectivity index (χ3n) is 2.52. The maximum Gasteiger partial charge on any atom is 0.294 e. The number of halogens is 2. The molecule has 0 saturated carbocycles. The van der Waals surface area contributed by atoms with Crippen molar-refractivity contribution in [3.05, 3.63) is 62.1 Å². The number of rotatable bonds is 3. The molecule has 0 spiro atoms. The molecule has 2 aromatic rings. The van der Waals surface area contributed by atoms with E-state index in [1.165, 1.54) is 18.3 Å². The molecule has 2 aromatic carbocycles. The van der Waals surface area contributed by atoms with Crippen molar-refractivity contribution < 1.29 is 4.92 Å². The SMILES string of the molecule is Nc1ccc(N=Cc2ccc(Cl)c(Cl)c2)cc1[N+](=O)[O-]. The van der Waals surface area contributed by atoms with Crippen LogP contribution in [0.3, 0.4) is 0 Å². The summed E-state index contributed by atoms with van der Waals surface area (Å²) in [7, 11) is 0. The monoisotopic (exact) mass is 309 g/mol. The lowest BCUT2D eigenvalue weighted by molar-refractivity contribution is -0.383. The number of hydrogen-bond acceptors (Lipinski definition) is 4. The summed E-state index contributed by atoms with van der Waals surface area (Å²) >= 11 is 11.7. The van der Waals surface area contributed by atoms with E-state index in [1.807, 2.05) is 0 Å². The van der Waals surface area contributed by atoms with Crippen LogP contribution in [0.1, 0.15) is 5.56 Å². The molecule has 0 atom stereocenters. The zero-order valence-electron chi connectivity index (χ0n) is 10.1. The fourth-order valence-electron chi connectivity index (χ4n) is 1.51. The highest BCUT2D eigenvalue weighted by atomic mass is 35.5. The van der Waals surface area contributed by atoms with Crippen molar-refractivity contribution in [1.29, 1.82) is 0 Å². The summed E-state index contributed by atoms with van der Waals surface area (Å²) in [4.78, 5) is 14.4. The van der Waals surface area contributed by atoms with Crippen LogP contribution >= 0.6 is 23.2 Å². The average Bonchev–Trinajstić information content (AvgIpc) is 2.41. The van der Waals surface area contributed by atoms with Gasteiger partial charge in [0.2, 0.25) is 0 Å². The molecule has 20 heavy (non-hydrogen) atoms. The number of anilines is 1. The number of aliphatic imine (C=N–C) groups is 1. The van der Waals surface area contributed by atoms with Crippen molar-refractivity contribution in [2.75, 3.05) is 5.73 Å². The normalized spacial score (nSPS) is 10.9. The molecule has 2 rings (SSSR count). The van der Waals surface area contributed by atoms with Gasteiger partial charge in [0.25, 0.3) is 5.69 Å². The zero-order valence-corrected chi connectivity index (χ0v) is 11.6. The maximum absolute atomic E-state index is 10.8. The van der Waals surface area contributed by atoms with Crippen LogP contribution in [0.25, 0.3) is 0 Å². The van der Waals surface area contributed by atoms with Gasteiger partial charge in [0.05, 0.1) is 20.7 Å². The molecule has 7 heteroatoms. The molecular weight excluding hydrogens is 301 g/mol. The first-order valence-corrected chi connectivity index (χ1v) is 6.26. The van der Waals surface area contributed by atoms with E-state index >= 15 is 0 Å². The lowest BCUT2D eigenvalue weighted by Gasteiger charge is -1.99. The maximum atomic E-state index is 10.8. The first-order valence-electron chi connectivity index (χ1n) is 5.50. The van der Waals surface area contributed by atoms with E-state index in [0.29, 0.717) is 15.7 Å². The fourth-order valence-corrected chi connectivity index (χ4v) is 1.82. The Morgan fingerprint density at radius 1 is 1.15 bits per heavy atom. The number of nitro benzene ring substituents is 1. The lowest BCUT2D eigenvalue weighted by atomic mass is 10.2. The highest BCUT2D eigenvalue weighted by Gasteiger charge is 2.11. The van der Waals surface area contributed by atoms with Crippen LogP contribution < -0.4 is 5.73 Å². The van der Waals surface area contributed by atoms with E-state index in [4.69, 9.17) is 28.9 Å². The van der Waals surface area contributed by atoms with E-state index < -0.39 is 4.92 Å². The Labute approximate surface area is 124 Å². The van der Waals surface area contributed by atoms with Crippen molar-refractivity contribution >= 4 is 46.5 Å². The number of nitro groups is 1. The summed E-state index contributed by atoms with van der Waals surface area (Å²) in [6.45, 7) is 0. The summed E-state index contributed by atoms with van der Waals surface area (Å²) in [6.07, 6.45) is 1.54. The highest BCUT2D eigenvalue weighted by molar-refractivity contribution is 6.42. The first kappa shape index (κ1) is 14.3. The Bertz CT molecular complexity index is 702. The van der Waals surface area contributed by atoms with Crippen molar-refractivity contribution in [2.45, 2.75) is 0 Å². The van der Waals surface area contributed by atoms with E-state index in [1.54, 1.807) is 24.3 Å². The summed E-state index contributed by atoms with van der Waals surface area (Å²) in [5.41, 5.74) is 6.60. The second-order valence-electron chi connectivity index (χ2n) is 3.93. The number of hydrogen-bond donors (Lipinski definition) is 1. The molecule has 0 fully saturated rings. The van der Waals surface area contributed by atoms with E-state index in [0.717, 1.165) is 5.56 Å². The second-order valence-corrected chi connectivity index (χ2v) is 4.75. The average molecular weight is 310 g/mol. The van der Waals surface area contributed by atoms with Gasteiger partial charge in [-0.3, -0.25) is 15.1 Å². The van der Waals surface area contributed by atoms with Crippen molar-refractivity contribution in [3.63, 3.8) is 0 Å². The van der Waals surface area contributed by atoms with Gasteiger partial charge in [0.15, 0.2) is 0 Å². The molecule has 0 aliphatic heterocycles. The van der Waals surface area contributed by atoms with Gasteiger partial charge in [-0.1, -0.05) is 29.3 Å². The number of nitrogens with zero attached hydrogens (tertiary/aromatic N) is 2. The van der Waals surface area contributed by atoms with Crippen LogP contribution in [-0.4, -0.2) is 11.1 Å². The summed E-state index contributed by atoms with van der Waals surface area (Å²) in [6, 6.07) is 9.39. The molecule has 102 valence electrons. The summed E-state index contributed by atoms with van der Waals surface area (Å²) in [5.74, 6) is 0. The molecule has 0 saturated heterocycles. The Hall–Kier alpha value is -2.11. The third-order valence-corrected chi connectivity index (χ3v) is 3.26. The van der Waals surface area contributed by atoms with Crippen LogP contribution in [0.5, 0.6) is 0 Å². The van der Waals surface area contributed by atoms with Crippen molar-refractivity contribution in [3.8, 4) is 0 Å². The van der Waals surface area contributed by atoms with E-state index in [9.17, 15) is 10.1 Å². The molecule has 0 aliphatic carbocycles. The Kier molecular flexibility index (Phi) is 4.22. The van der Waals surface area contributed by atoms with Gasteiger partial charge in [-0.2, -0.15) is 0 Å². The minimum atomic E-state index is -0.548. The van der Waals surface area contributed by atoms with Gasteiger partial charge >= 0.3 is 0 Å². The molecule has 0 aliphatic rings. The Balaban J connectivity index is 2.29. The largest absolute Gasteiger partial charge is 0.393 e. The van der Waals surface area contributed by atoms with Crippen LogP contribution in [0.15, 0.2) is 41.4 Å². The van der Waals surface area contributed by atoms with E-state index in [2.05, 4.69) is 4.99 Å². The molecule has 2 N–H and O–H groups in total. The summed E-state index contributed by atoms with van der Waals surface area (Å²) in [5, 5.41) is 11.6. The molecule has 0 amide bonds. The second kappa shape index (κ2) is 5.90. The molecule has 5 nitrogen and oxygen atoms in total. The standard InChI is InChI=1S/C13H9Cl2N3O2/c14-10-3-1-8(5-11(10)15)7-17-9-2-4-12(16)13(6-9)18(19)20/h1-7H,16H2. The van der Waals surface area contributed by atoms with Gasteiger partial charge in [-0.05, 0) is 29.8 Å². The highest BCUT2D eigenvalue weighted by Crippen LogP contribution is 2.27. The molecule has 0 aromatic heterocycles. The lowest BCUT2D eigenvalue weighted by Crippen LogP contribution is -1.94. The topological polar surface area (TPSA) is 81.5 Å². The number of nitrogens with two attached hydrogens (primary N) is 1. The van der Waals surface area contributed by atoms with Crippen molar-refractivity contribution in [2.24, 2.45) is 4.99 Å². The van der Waals surface area contributed by atoms with Crippen LogP contribution in [0, 0.1) is 10.1 Å². The zero-order chi connectivity index (χ0) is 14.7. The van der Waals surface area contributed by atoms with Crippen LogP contribution in [0.4, 0.5) is 17.1 Å². The molecule has 0 bridgehead atoms. The van der Waals surface area contributed by atoms with Gasteiger partial charge in [-0.15, -0.1) is 0 Å².